The Morgan fingerprint density at radius 2 is 1.03 bits per heavy atom. The van der Waals surface area contributed by atoms with Crippen molar-refractivity contribution in [3.8, 4) is 17.3 Å². The molecule has 0 saturated carbocycles. The van der Waals surface area contributed by atoms with Crippen LogP contribution in [-0.4, -0.2) is 9.55 Å². The van der Waals surface area contributed by atoms with E-state index in [4.69, 9.17) is 9.72 Å². The average Bonchev–Trinajstić information content (AvgIpc) is 3.88. The van der Waals surface area contributed by atoms with E-state index >= 15 is 0 Å². The summed E-state index contributed by atoms with van der Waals surface area (Å²) in [5, 5.41) is 2.24. The normalized spacial score (nSPS) is 14.0. The van der Waals surface area contributed by atoms with Crippen molar-refractivity contribution in [2.75, 3.05) is 9.80 Å². The standard InChI is InChI=1S/C62H65N4O.Pt/c1-58(2,3)44-33-34-63-55(38-44)66-53-30-21-20-29-51(53)52-32-31-50(40-54(52)66)67-49-28-22-27-47(39-49)64-41-65(57(60(7,8)9)56(64)59(4,5)6)48-36-45(61(10,11)42-23-16-14-17-24-42)35-46(37-48)62(12,13)43-25-18-15-19-26-43;/h14-38,41H,1-13H3;/q-3;. The Hall–Kier alpha value is -5.90. The number of ether oxygens (including phenoxy) is 1. The van der Waals surface area contributed by atoms with Crippen LogP contribution in [0.2, 0.25) is 0 Å². The van der Waals surface area contributed by atoms with Crippen molar-refractivity contribution in [3.05, 3.63) is 210 Å². The van der Waals surface area contributed by atoms with E-state index in [-0.39, 0.29) is 48.1 Å². The molecule has 0 radical (unpaired) electrons. The summed E-state index contributed by atoms with van der Waals surface area (Å²) in [6.07, 6.45) is 1.91. The van der Waals surface area contributed by atoms with E-state index < -0.39 is 0 Å². The van der Waals surface area contributed by atoms with Crippen LogP contribution in [0.5, 0.6) is 11.5 Å². The molecule has 352 valence electrons. The maximum Gasteiger partial charge on any atom is 0.135 e. The van der Waals surface area contributed by atoms with Gasteiger partial charge in [-0.15, -0.1) is 48.1 Å². The van der Waals surface area contributed by atoms with Crippen molar-refractivity contribution in [1.82, 2.24) is 9.55 Å². The minimum absolute atomic E-state index is 0. The van der Waals surface area contributed by atoms with Gasteiger partial charge in [0.05, 0.1) is 0 Å². The molecule has 0 unspecified atom stereocenters. The van der Waals surface area contributed by atoms with Gasteiger partial charge in [-0.1, -0.05) is 180 Å². The van der Waals surface area contributed by atoms with Crippen molar-refractivity contribution in [2.45, 2.75) is 106 Å². The van der Waals surface area contributed by atoms with Gasteiger partial charge in [-0.25, -0.2) is 4.98 Å². The first-order chi connectivity index (χ1) is 31.6. The van der Waals surface area contributed by atoms with E-state index in [1.807, 2.05) is 18.3 Å². The molecule has 0 fully saturated rings. The van der Waals surface area contributed by atoms with Gasteiger partial charge in [0.25, 0.3) is 0 Å². The zero-order chi connectivity index (χ0) is 47.7. The molecular formula is C62H65N4OPt-3. The zero-order valence-electron chi connectivity index (χ0n) is 42.0. The molecule has 0 saturated heterocycles. The summed E-state index contributed by atoms with van der Waals surface area (Å²) in [6.45, 7) is 32.3. The Morgan fingerprint density at radius 1 is 0.471 bits per heavy atom. The molecule has 9 rings (SSSR count). The maximum atomic E-state index is 6.75. The fraction of sp³-hybridized carbons (Fsp3) is 0.290. The topological polar surface area (TPSA) is 33.5 Å². The third kappa shape index (κ3) is 9.07. The number of rotatable bonds is 9. The van der Waals surface area contributed by atoms with Crippen LogP contribution in [0, 0.1) is 29.6 Å². The van der Waals surface area contributed by atoms with Crippen molar-refractivity contribution in [1.29, 1.82) is 0 Å². The van der Waals surface area contributed by atoms with E-state index in [0.717, 1.165) is 39.0 Å². The van der Waals surface area contributed by atoms with Crippen LogP contribution in [0.3, 0.4) is 0 Å². The minimum Gasteiger partial charge on any atom is -0.509 e. The molecule has 0 aliphatic carbocycles. The molecule has 5 nitrogen and oxygen atoms in total. The summed E-state index contributed by atoms with van der Waals surface area (Å²) >= 11 is 0. The summed E-state index contributed by atoms with van der Waals surface area (Å²) in [7, 11) is 0. The molecule has 6 heteroatoms. The fourth-order valence-corrected chi connectivity index (χ4v) is 9.72. The van der Waals surface area contributed by atoms with Gasteiger partial charge in [-0.05, 0) is 69.0 Å². The smallest absolute Gasteiger partial charge is 0.135 e. The molecule has 2 aromatic heterocycles. The van der Waals surface area contributed by atoms with Crippen molar-refractivity contribution in [3.63, 3.8) is 0 Å². The number of aromatic nitrogens is 2. The summed E-state index contributed by atoms with van der Waals surface area (Å²) in [5.74, 6) is 2.08. The second-order valence-electron chi connectivity index (χ2n) is 22.4. The van der Waals surface area contributed by atoms with Crippen molar-refractivity contribution < 1.29 is 25.8 Å². The van der Waals surface area contributed by atoms with Crippen LogP contribution in [-0.2, 0) is 37.3 Å². The number of anilines is 2. The molecule has 0 spiro atoms. The molecular weight excluding hydrogens is 1010 g/mol. The molecule has 1 aliphatic rings. The number of fused-ring (bicyclic) bond motifs is 3. The minimum atomic E-state index is -0.266. The van der Waals surface area contributed by atoms with Crippen LogP contribution in [0.4, 0.5) is 11.4 Å². The Kier molecular flexibility index (Phi) is 12.8. The Balaban J connectivity index is 0.00000625. The SMILES string of the molecule is CC(C)(C)C1=C(C(C)(C)C)N(c2cc(C(C)(C)c3ccccc3)cc(C(C)(C)c3ccccc3)c2)[CH-]N1c1[c-]c(Oc2[c-]c3c(cc2)c2ccccc2n3-c2cc(C(C)(C)C)ccn2)ccc1.[Pt]. The van der Waals surface area contributed by atoms with Gasteiger partial charge in [0, 0.05) is 83.0 Å². The maximum absolute atomic E-state index is 6.75. The largest absolute Gasteiger partial charge is 0.509 e. The molecule has 0 bridgehead atoms. The second-order valence-corrected chi connectivity index (χ2v) is 22.4. The van der Waals surface area contributed by atoms with Gasteiger partial charge < -0.3 is 19.1 Å². The van der Waals surface area contributed by atoms with Crippen molar-refractivity contribution in [2.24, 2.45) is 10.8 Å². The van der Waals surface area contributed by atoms with Crippen LogP contribution in [0.1, 0.15) is 118 Å². The van der Waals surface area contributed by atoms with E-state index in [0.29, 0.717) is 11.5 Å². The summed E-state index contributed by atoms with van der Waals surface area (Å²) in [5.41, 5.74) is 11.8. The molecule has 1 aliphatic heterocycles. The van der Waals surface area contributed by atoms with E-state index in [1.165, 1.54) is 39.2 Å². The van der Waals surface area contributed by atoms with Crippen LogP contribution in [0.25, 0.3) is 27.6 Å². The monoisotopic (exact) mass is 1080 g/mol. The van der Waals surface area contributed by atoms with Gasteiger partial charge in [0.2, 0.25) is 0 Å². The van der Waals surface area contributed by atoms with Crippen LogP contribution >= 0.6 is 0 Å². The summed E-state index contributed by atoms with van der Waals surface area (Å²) in [6, 6.07) is 59.5. The first-order valence-electron chi connectivity index (χ1n) is 23.7. The van der Waals surface area contributed by atoms with Crippen LogP contribution in [0.15, 0.2) is 163 Å². The number of allylic oxidation sites excluding steroid dienone is 2. The Labute approximate surface area is 420 Å². The molecule has 6 aromatic carbocycles. The van der Waals surface area contributed by atoms with E-state index in [1.54, 1.807) is 0 Å². The van der Waals surface area contributed by atoms with Crippen LogP contribution < -0.4 is 14.5 Å². The van der Waals surface area contributed by atoms with Gasteiger partial charge in [-0.2, -0.15) is 12.1 Å². The molecule has 8 aromatic rings. The number of pyridine rings is 1. The number of hydrogen-bond acceptors (Lipinski definition) is 4. The van der Waals surface area contributed by atoms with E-state index in [9.17, 15) is 0 Å². The Bertz CT molecular complexity index is 3070. The second kappa shape index (κ2) is 17.9. The zero-order valence-corrected chi connectivity index (χ0v) is 44.3. The molecule has 0 N–H and O–H groups in total. The number of hydrogen-bond donors (Lipinski definition) is 0. The Morgan fingerprint density at radius 3 is 1.62 bits per heavy atom. The first kappa shape index (κ1) is 48.6. The van der Waals surface area contributed by atoms with E-state index in [2.05, 4.69) is 257 Å². The predicted octanol–water partition coefficient (Wildman–Crippen LogP) is 16.3. The predicted molar refractivity (Wildman–Crippen MR) is 280 cm³/mol. The molecule has 3 heterocycles. The number of nitrogens with zero attached hydrogens (tertiary/aromatic N) is 4. The number of para-hydroxylation sites is 1. The quantitative estimate of drug-likeness (QED) is 0.135. The molecule has 68 heavy (non-hydrogen) atoms. The molecule has 0 amide bonds. The summed E-state index contributed by atoms with van der Waals surface area (Å²) in [4.78, 5) is 9.66. The average molecular weight is 1080 g/mol. The van der Waals surface area contributed by atoms with Gasteiger partial charge in [0.1, 0.15) is 5.82 Å². The fourth-order valence-electron chi connectivity index (χ4n) is 9.72. The van der Waals surface area contributed by atoms with Gasteiger partial charge in [0.15, 0.2) is 0 Å². The van der Waals surface area contributed by atoms with Gasteiger partial charge in [-0.3, -0.25) is 0 Å². The first-order valence-corrected chi connectivity index (χ1v) is 23.7. The number of benzene rings is 6. The molecule has 0 atom stereocenters. The third-order valence-electron chi connectivity index (χ3n) is 13.6. The third-order valence-corrected chi connectivity index (χ3v) is 13.6. The van der Waals surface area contributed by atoms with Crippen molar-refractivity contribution >= 4 is 33.2 Å². The van der Waals surface area contributed by atoms with Gasteiger partial charge >= 0.3 is 0 Å². The summed E-state index contributed by atoms with van der Waals surface area (Å²) < 4.78 is 8.96.